The molecule has 1 aromatic rings. The largest absolute Gasteiger partial charge is 0.504 e. The number of nitrogens with one attached hydrogen (secondary N) is 1. The molecule has 1 amide bonds. The van der Waals surface area contributed by atoms with Crippen LogP contribution in [0.4, 0.5) is 0 Å². The number of benzene rings is 1. The SMILES string of the molecule is C=CC(=O)OCCOC(=O)C(Cc1ccc(O)c(O)c1)NC(C)=O. The number of hydrogen-bond acceptors (Lipinski definition) is 7. The van der Waals surface area contributed by atoms with Crippen LogP contribution in [-0.2, 0) is 30.3 Å². The van der Waals surface area contributed by atoms with Gasteiger partial charge >= 0.3 is 11.9 Å². The molecule has 130 valence electrons. The van der Waals surface area contributed by atoms with E-state index in [0.29, 0.717) is 5.56 Å². The minimum absolute atomic E-state index is 0.0543. The maximum absolute atomic E-state index is 12.0. The van der Waals surface area contributed by atoms with Crippen molar-refractivity contribution in [3.05, 3.63) is 36.4 Å². The van der Waals surface area contributed by atoms with Crippen LogP contribution >= 0.6 is 0 Å². The molecule has 0 aliphatic carbocycles. The lowest BCUT2D eigenvalue weighted by atomic mass is 10.1. The minimum Gasteiger partial charge on any atom is -0.504 e. The lowest BCUT2D eigenvalue weighted by Gasteiger charge is -2.17. The maximum Gasteiger partial charge on any atom is 0.330 e. The molecule has 0 radical (unpaired) electrons. The summed E-state index contributed by atoms with van der Waals surface area (Å²) in [5.74, 6) is -2.41. The Morgan fingerprint density at radius 3 is 2.46 bits per heavy atom. The van der Waals surface area contributed by atoms with E-state index < -0.39 is 23.9 Å². The van der Waals surface area contributed by atoms with Gasteiger partial charge < -0.3 is 25.0 Å². The Morgan fingerprint density at radius 1 is 1.21 bits per heavy atom. The topological polar surface area (TPSA) is 122 Å². The number of rotatable bonds is 8. The first-order valence-corrected chi connectivity index (χ1v) is 7.07. The number of esters is 2. The van der Waals surface area contributed by atoms with Gasteiger partial charge in [0.05, 0.1) is 0 Å². The Balaban J connectivity index is 2.64. The van der Waals surface area contributed by atoms with Gasteiger partial charge in [-0.15, -0.1) is 0 Å². The lowest BCUT2D eigenvalue weighted by Crippen LogP contribution is -2.42. The molecular formula is C16H19NO7. The fourth-order valence-corrected chi connectivity index (χ4v) is 1.81. The molecule has 0 spiro atoms. The Bertz CT molecular complexity index is 627. The molecule has 0 bridgehead atoms. The van der Waals surface area contributed by atoms with Gasteiger partial charge in [-0.05, 0) is 17.7 Å². The summed E-state index contributed by atoms with van der Waals surface area (Å²) in [4.78, 5) is 34.1. The summed E-state index contributed by atoms with van der Waals surface area (Å²) in [6.45, 7) is 4.17. The molecule has 8 heteroatoms. The molecule has 1 atom stereocenters. The minimum atomic E-state index is -0.985. The Morgan fingerprint density at radius 2 is 1.88 bits per heavy atom. The third kappa shape index (κ3) is 6.39. The Labute approximate surface area is 138 Å². The van der Waals surface area contributed by atoms with E-state index in [-0.39, 0.29) is 31.1 Å². The van der Waals surface area contributed by atoms with Crippen molar-refractivity contribution < 1.29 is 34.1 Å². The number of aromatic hydroxyl groups is 2. The molecule has 0 fully saturated rings. The number of hydrogen-bond donors (Lipinski definition) is 3. The second-order valence-corrected chi connectivity index (χ2v) is 4.82. The zero-order chi connectivity index (χ0) is 18.1. The monoisotopic (exact) mass is 337 g/mol. The van der Waals surface area contributed by atoms with Crippen molar-refractivity contribution in [3.63, 3.8) is 0 Å². The quantitative estimate of drug-likeness (QED) is 0.272. The zero-order valence-corrected chi connectivity index (χ0v) is 13.2. The van der Waals surface area contributed by atoms with Crippen molar-refractivity contribution in [2.24, 2.45) is 0 Å². The van der Waals surface area contributed by atoms with Gasteiger partial charge in [-0.3, -0.25) is 4.79 Å². The third-order valence-corrected chi connectivity index (χ3v) is 2.88. The zero-order valence-electron chi connectivity index (χ0n) is 13.2. The molecule has 24 heavy (non-hydrogen) atoms. The highest BCUT2D eigenvalue weighted by molar-refractivity contribution is 5.83. The Hall–Kier alpha value is -3.03. The Kier molecular flexibility index (Phi) is 7.28. The predicted molar refractivity (Wildman–Crippen MR) is 83.2 cm³/mol. The van der Waals surface area contributed by atoms with Crippen LogP contribution < -0.4 is 5.32 Å². The van der Waals surface area contributed by atoms with Crippen molar-refractivity contribution >= 4 is 17.8 Å². The third-order valence-electron chi connectivity index (χ3n) is 2.88. The molecule has 0 aromatic heterocycles. The van der Waals surface area contributed by atoms with Gasteiger partial charge in [-0.25, -0.2) is 9.59 Å². The predicted octanol–water partition coefficient (Wildman–Crippen LogP) is 0.417. The summed E-state index contributed by atoms with van der Waals surface area (Å²) in [7, 11) is 0. The number of carbonyl (C=O) groups is 3. The van der Waals surface area contributed by atoms with Crippen LogP contribution in [0.5, 0.6) is 11.5 Å². The molecule has 1 unspecified atom stereocenters. The first kappa shape index (κ1) is 19.0. The first-order chi connectivity index (χ1) is 11.3. The van der Waals surface area contributed by atoms with E-state index in [0.717, 1.165) is 6.08 Å². The van der Waals surface area contributed by atoms with E-state index in [9.17, 15) is 24.6 Å². The van der Waals surface area contributed by atoms with E-state index in [1.54, 1.807) is 0 Å². The highest BCUT2D eigenvalue weighted by Crippen LogP contribution is 2.25. The molecule has 0 saturated heterocycles. The molecule has 1 rings (SSSR count). The number of ether oxygens (including phenoxy) is 2. The fraction of sp³-hybridized carbons (Fsp3) is 0.312. The summed E-state index contributed by atoms with van der Waals surface area (Å²) in [5.41, 5.74) is 0.513. The van der Waals surface area contributed by atoms with Crippen LogP contribution in [0.3, 0.4) is 0 Å². The standard InChI is InChI=1S/C16H19NO7/c1-3-15(21)23-6-7-24-16(22)12(17-10(2)18)8-11-4-5-13(19)14(20)9-11/h3-5,9,12,19-20H,1,6-8H2,2H3,(H,17,18). The summed E-state index contributed by atoms with van der Waals surface area (Å²) in [6.07, 6.45) is 1.04. The van der Waals surface area contributed by atoms with E-state index in [1.807, 2.05) is 0 Å². The smallest absolute Gasteiger partial charge is 0.330 e. The molecule has 8 nitrogen and oxygen atoms in total. The van der Waals surface area contributed by atoms with Crippen molar-refractivity contribution in [3.8, 4) is 11.5 Å². The van der Waals surface area contributed by atoms with Crippen molar-refractivity contribution in [1.82, 2.24) is 5.32 Å². The molecular weight excluding hydrogens is 318 g/mol. The molecule has 0 aliphatic rings. The van der Waals surface area contributed by atoms with E-state index in [4.69, 9.17) is 4.74 Å². The summed E-state index contributed by atoms with van der Waals surface area (Å²) in [5, 5.41) is 21.2. The summed E-state index contributed by atoms with van der Waals surface area (Å²) in [6, 6.07) is 3.07. The van der Waals surface area contributed by atoms with E-state index >= 15 is 0 Å². The van der Waals surface area contributed by atoms with Crippen molar-refractivity contribution in [1.29, 1.82) is 0 Å². The van der Waals surface area contributed by atoms with Gasteiger partial charge in [0.1, 0.15) is 19.3 Å². The number of phenols is 2. The summed E-state index contributed by atoms with van der Waals surface area (Å²) >= 11 is 0. The van der Waals surface area contributed by atoms with Crippen LogP contribution in [0, 0.1) is 0 Å². The average Bonchev–Trinajstić information content (AvgIpc) is 2.53. The van der Waals surface area contributed by atoms with Crippen LogP contribution in [-0.4, -0.2) is 47.3 Å². The van der Waals surface area contributed by atoms with Gasteiger partial charge in [-0.2, -0.15) is 0 Å². The highest BCUT2D eigenvalue weighted by Gasteiger charge is 2.22. The van der Waals surface area contributed by atoms with E-state index in [1.165, 1.54) is 25.1 Å². The van der Waals surface area contributed by atoms with Gasteiger partial charge in [0, 0.05) is 19.4 Å². The molecule has 1 aromatic carbocycles. The molecule has 3 N–H and O–H groups in total. The highest BCUT2D eigenvalue weighted by atomic mass is 16.6. The number of phenolic OH excluding ortho intramolecular Hbond substituents is 2. The van der Waals surface area contributed by atoms with Gasteiger partial charge in [-0.1, -0.05) is 12.6 Å². The average molecular weight is 337 g/mol. The maximum atomic E-state index is 12.0. The fourth-order valence-electron chi connectivity index (χ4n) is 1.81. The van der Waals surface area contributed by atoms with Crippen molar-refractivity contribution in [2.45, 2.75) is 19.4 Å². The van der Waals surface area contributed by atoms with Crippen molar-refractivity contribution in [2.75, 3.05) is 13.2 Å². The van der Waals surface area contributed by atoms with Crippen LogP contribution in [0.25, 0.3) is 0 Å². The van der Waals surface area contributed by atoms with Gasteiger partial charge in [0.25, 0.3) is 0 Å². The van der Waals surface area contributed by atoms with Crippen LogP contribution in [0.1, 0.15) is 12.5 Å². The van der Waals surface area contributed by atoms with Crippen LogP contribution in [0.15, 0.2) is 30.9 Å². The second kappa shape index (κ2) is 9.19. The summed E-state index contributed by atoms with van der Waals surface area (Å²) < 4.78 is 9.62. The number of amides is 1. The molecule has 0 saturated carbocycles. The molecule has 0 aliphatic heterocycles. The first-order valence-electron chi connectivity index (χ1n) is 7.07. The van der Waals surface area contributed by atoms with Gasteiger partial charge in [0.15, 0.2) is 11.5 Å². The lowest BCUT2D eigenvalue weighted by molar-refractivity contribution is -0.152. The molecule has 0 heterocycles. The van der Waals surface area contributed by atoms with Gasteiger partial charge in [0.2, 0.25) is 5.91 Å². The second-order valence-electron chi connectivity index (χ2n) is 4.82. The number of carbonyl (C=O) groups excluding carboxylic acids is 3. The van der Waals surface area contributed by atoms with Crippen LogP contribution in [0.2, 0.25) is 0 Å². The van der Waals surface area contributed by atoms with E-state index in [2.05, 4.69) is 16.6 Å². The normalized spacial score (nSPS) is 11.2.